The van der Waals surface area contributed by atoms with E-state index >= 15 is 0 Å². The van der Waals surface area contributed by atoms with Crippen LogP contribution in [-0.4, -0.2) is 85.8 Å². The van der Waals surface area contributed by atoms with Crippen LogP contribution < -0.4 is 10.4 Å². The number of sulfonamides is 1. The molecule has 1 atom stereocenters. The lowest BCUT2D eigenvalue weighted by Crippen LogP contribution is -2.52. The number of ether oxygens (including phenoxy) is 1. The number of carbonyl (C=O) groups excluding carboxylic acids is 1. The number of hydroxylamine groups is 1. The van der Waals surface area contributed by atoms with Crippen molar-refractivity contribution < 1.29 is 28.3 Å². The minimum Gasteiger partial charge on any atom is -0.379 e. The van der Waals surface area contributed by atoms with Crippen molar-refractivity contribution in [3.05, 3.63) is 71.3 Å². The van der Waals surface area contributed by atoms with Crippen molar-refractivity contribution in [1.82, 2.24) is 14.7 Å². The van der Waals surface area contributed by atoms with Crippen LogP contribution in [0.3, 0.4) is 0 Å². The zero-order chi connectivity index (χ0) is 25.7. The number of morpholine rings is 1. The van der Waals surface area contributed by atoms with E-state index in [-0.39, 0.29) is 0 Å². The van der Waals surface area contributed by atoms with Crippen molar-refractivity contribution in [3.8, 4) is 0 Å². The third-order valence-corrected chi connectivity index (χ3v) is 7.78. The summed E-state index contributed by atoms with van der Waals surface area (Å²) >= 11 is 0. The molecule has 1 saturated heterocycles. The van der Waals surface area contributed by atoms with Gasteiger partial charge in [0, 0.05) is 44.0 Å². The summed E-state index contributed by atoms with van der Waals surface area (Å²) in [5, 5.41) is 20.2. The van der Waals surface area contributed by atoms with E-state index in [4.69, 9.17) is 9.94 Å². The Labute approximate surface area is 211 Å². The van der Waals surface area contributed by atoms with E-state index in [1.165, 1.54) is 10.6 Å². The van der Waals surface area contributed by atoms with E-state index in [1.807, 2.05) is 40.1 Å². The van der Waals surface area contributed by atoms with Gasteiger partial charge >= 0.3 is 0 Å². The first-order chi connectivity index (χ1) is 17.3. The second-order valence-electron chi connectivity index (χ2n) is 8.91. The third kappa shape index (κ3) is 6.30. The van der Waals surface area contributed by atoms with Crippen LogP contribution in [0, 0.1) is 0 Å². The Morgan fingerprint density at radius 2 is 1.86 bits per heavy atom. The van der Waals surface area contributed by atoms with Crippen LogP contribution in [0.2, 0.25) is 0 Å². The zero-order valence-corrected chi connectivity index (χ0v) is 21.0. The number of amides is 1. The SMILES string of the molecule is CS(=O)(=O)N1CC=C(c2cccc(N(Cc3ccc(C(=O)NO)cc3)C(O)N3CCOCC3)c2)CC1. The lowest BCUT2D eigenvalue weighted by Gasteiger charge is -2.39. The fourth-order valence-corrected chi connectivity index (χ4v) is 5.20. The molecule has 0 aromatic heterocycles. The molecule has 2 aliphatic heterocycles. The van der Waals surface area contributed by atoms with Crippen LogP contribution in [-0.2, 0) is 21.3 Å². The Balaban J connectivity index is 1.61. The number of benzene rings is 2. The van der Waals surface area contributed by atoms with E-state index in [9.17, 15) is 18.3 Å². The average Bonchev–Trinajstić information content (AvgIpc) is 2.91. The van der Waals surface area contributed by atoms with Gasteiger partial charge in [0.1, 0.15) is 0 Å². The Kier molecular flexibility index (Phi) is 8.39. The summed E-state index contributed by atoms with van der Waals surface area (Å²) in [4.78, 5) is 15.5. The van der Waals surface area contributed by atoms with E-state index in [0.717, 1.165) is 22.4 Å². The molecule has 4 rings (SSSR count). The Bertz CT molecular complexity index is 1200. The summed E-state index contributed by atoms with van der Waals surface area (Å²) in [6.45, 7) is 3.43. The highest BCUT2D eigenvalue weighted by Gasteiger charge is 2.26. The molecule has 10 nitrogen and oxygen atoms in total. The van der Waals surface area contributed by atoms with Crippen molar-refractivity contribution in [2.24, 2.45) is 0 Å². The summed E-state index contributed by atoms with van der Waals surface area (Å²) in [6, 6.07) is 14.7. The van der Waals surface area contributed by atoms with Crippen molar-refractivity contribution in [2.75, 3.05) is 50.5 Å². The van der Waals surface area contributed by atoms with Crippen molar-refractivity contribution in [1.29, 1.82) is 0 Å². The van der Waals surface area contributed by atoms with Gasteiger partial charge in [0.25, 0.3) is 5.91 Å². The second kappa shape index (κ2) is 11.5. The van der Waals surface area contributed by atoms with Gasteiger partial charge in [-0.25, -0.2) is 13.9 Å². The summed E-state index contributed by atoms with van der Waals surface area (Å²) < 4.78 is 30.6. The van der Waals surface area contributed by atoms with E-state index in [0.29, 0.717) is 57.9 Å². The van der Waals surface area contributed by atoms with Crippen LogP contribution in [0.25, 0.3) is 5.57 Å². The van der Waals surface area contributed by atoms with Gasteiger partial charge in [0.05, 0.1) is 19.5 Å². The summed E-state index contributed by atoms with van der Waals surface area (Å²) in [5.74, 6) is -0.588. The largest absolute Gasteiger partial charge is 0.379 e. The fourth-order valence-electron chi connectivity index (χ4n) is 4.43. The van der Waals surface area contributed by atoms with E-state index < -0.39 is 22.3 Å². The second-order valence-corrected chi connectivity index (χ2v) is 10.9. The van der Waals surface area contributed by atoms with Crippen molar-refractivity contribution >= 4 is 27.2 Å². The fraction of sp³-hybridized carbons (Fsp3) is 0.400. The minimum atomic E-state index is -3.23. The van der Waals surface area contributed by atoms with Gasteiger partial charge in [-0.15, -0.1) is 0 Å². The van der Waals surface area contributed by atoms with Crippen LogP contribution in [0.4, 0.5) is 5.69 Å². The summed E-state index contributed by atoms with van der Waals surface area (Å²) in [7, 11) is -3.23. The molecular weight excluding hydrogens is 484 g/mol. The van der Waals surface area contributed by atoms with Gasteiger partial charge in [0.15, 0.2) is 6.35 Å². The highest BCUT2D eigenvalue weighted by molar-refractivity contribution is 7.88. The topological polar surface area (TPSA) is 123 Å². The van der Waals surface area contributed by atoms with Crippen LogP contribution >= 0.6 is 0 Å². The monoisotopic (exact) mass is 516 g/mol. The molecule has 36 heavy (non-hydrogen) atoms. The molecule has 0 bridgehead atoms. The Morgan fingerprint density at radius 1 is 1.14 bits per heavy atom. The molecule has 0 aliphatic carbocycles. The third-order valence-electron chi connectivity index (χ3n) is 6.51. The number of aliphatic hydroxyl groups is 1. The average molecular weight is 517 g/mol. The Morgan fingerprint density at radius 3 is 2.47 bits per heavy atom. The number of nitrogens with zero attached hydrogens (tertiary/aromatic N) is 3. The van der Waals surface area contributed by atoms with Gasteiger partial charge in [-0.05, 0) is 47.4 Å². The van der Waals surface area contributed by atoms with Crippen molar-refractivity contribution in [2.45, 2.75) is 19.3 Å². The summed E-state index contributed by atoms with van der Waals surface area (Å²) in [6.07, 6.45) is 2.87. The van der Waals surface area contributed by atoms with Crippen LogP contribution in [0.5, 0.6) is 0 Å². The molecule has 1 amide bonds. The van der Waals surface area contributed by atoms with Crippen LogP contribution in [0.1, 0.15) is 27.9 Å². The lowest BCUT2D eigenvalue weighted by molar-refractivity contribution is -0.0597. The molecule has 2 aliphatic rings. The smallest absolute Gasteiger partial charge is 0.274 e. The quantitative estimate of drug-likeness (QED) is 0.274. The predicted molar refractivity (Wildman–Crippen MR) is 136 cm³/mol. The number of aliphatic hydroxyl groups excluding tert-OH is 1. The number of carbonyl (C=O) groups is 1. The minimum absolute atomic E-state index is 0.330. The number of hydrogen-bond acceptors (Lipinski definition) is 8. The lowest BCUT2D eigenvalue weighted by atomic mass is 9.99. The van der Waals surface area contributed by atoms with Crippen LogP contribution in [0.15, 0.2) is 54.6 Å². The number of hydrogen-bond donors (Lipinski definition) is 3. The van der Waals surface area contributed by atoms with E-state index in [1.54, 1.807) is 29.7 Å². The van der Waals surface area contributed by atoms with Gasteiger partial charge < -0.3 is 14.7 Å². The number of nitrogens with one attached hydrogen (secondary N) is 1. The normalized spacial score (nSPS) is 18.4. The molecule has 194 valence electrons. The van der Waals surface area contributed by atoms with Crippen molar-refractivity contribution in [3.63, 3.8) is 0 Å². The zero-order valence-electron chi connectivity index (χ0n) is 20.2. The molecular formula is C25H32N4O6S. The highest BCUT2D eigenvalue weighted by atomic mass is 32.2. The molecule has 2 aromatic carbocycles. The molecule has 1 fully saturated rings. The molecule has 2 aromatic rings. The maximum absolute atomic E-state index is 11.9. The first kappa shape index (κ1) is 26.3. The number of rotatable bonds is 8. The molecule has 0 saturated carbocycles. The number of anilines is 1. The Hall–Kier alpha value is -2.80. The molecule has 3 N–H and O–H groups in total. The first-order valence-corrected chi connectivity index (χ1v) is 13.7. The highest BCUT2D eigenvalue weighted by Crippen LogP contribution is 2.29. The van der Waals surface area contributed by atoms with Gasteiger partial charge in [-0.3, -0.25) is 14.9 Å². The summed E-state index contributed by atoms with van der Waals surface area (Å²) in [5.41, 5.74) is 5.70. The molecule has 1 unspecified atom stereocenters. The maximum Gasteiger partial charge on any atom is 0.274 e. The van der Waals surface area contributed by atoms with Gasteiger partial charge in [0.2, 0.25) is 10.0 Å². The predicted octanol–water partition coefficient (Wildman–Crippen LogP) is 1.47. The molecule has 11 heteroatoms. The molecule has 0 radical (unpaired) electrons. The van der Waals surface area contributed by atoms with Gasteiger partial charge in [-0.2, -0.15) is 4.31 Å². The standard InChI is InChI=1S/C25H32N4O6S/c1-36(33,34)28-11-9-20(10-12-28)22-3-2-4-23(17-22)29(25(31)27-13-15-35-16-14-27)18-19-5-7-21(8-6-19)24(30)26-32/h2-9,17,25,31-32H,10-16,18H2,1H3,(H,26,30). The molecule has 2 heterocycles. The van der Waals surface area contributed by atoms with Gasteiger partial charge in [-0.1, -0.05) is 30.3 Å². The van der Waals surface area contributed by atoms with E-state index in [2.05, 4.69) is 0 Å². The maximum atomic E-state index is 11.9. The molecule has 0 spiro atoms. The first-order valence-electron chi connectivity index (χ1n) is 11.8.